The van der Waals surface area contributed by atoms with Crippen LogP contribution in [0.3, 0.4) is 0 Å². The Balaban J connectivity index is 3.58. The normalized spacial score (nSPS) is 12.1. The lowest BCUT2D eigenvalue weighted by molar-refractivity contribution is -0.143. The molecule has 1 rings (SSSR count). The molecular weight excluding hydrogens is 320 g/mol. The summed E-state index contributed by atoms with van der Waals surface area (Å²) in [7, 11) is -5.21. The monoisotopic (exact) mass is 328 g/mol. The van der Waals surface area contributed by atoms with Gasteiger partial charge in [0.05, 0.1) is 0 Å². The molecule has 0 aromatic heterocycles. The second kappa shape index (κ2) is 5.45. The van der Waals surface area contributed by atoms with Crippen molar-refractivity contribution in [2.45, 2.75) is 18.0 Å². The number of rotatable bonds is 3. The number of benzene rings is 1. The summed E-state index contributed by atoms with van der Waals surface area (Å²) < 4.78 is 86.7. The van der Waals surface area contributed by atoms with Crippen LogP contribution in [0, 0.1) is 5.82 Å². The molecule has 0 radical (unpaired) electrons. The van der Waals surface area contributed by atoms with Gasteiger partial charge >= 0.3 is 12.1 Å². The summed E-state index contributed by atoms with van der Waals surface area (Å²) in [4.78, 5) is 9.63. The van der Waals surface area contributed by atoms with Gasteiger partial charge in [-0.2, -0.15) is 21.6 Å². The summed E-state index contributed by atoms with van der Waals surface area (Å²) in [5, 5.41) is 0. The fourth-order valence-corrected chi connectivity index (χ4v) is 1.84. The van der Waals surface area contributed by atoms with Crippen molar-refractivity contribution < 1.29 is 40.1 Å². The van der Waals surface area contributed by atoms with Gasteiger partial charge in [0, 0.05) is 5.57 Å². The number of hydrogen-bond donors (Lipinski definition) is 1. The molecule has 1 N–H and O–H groups in total. The Hall–Kier alpha value is -1.94. The van der Waals surface area contributed by atoms with Crippen LogP contribution >= 0.6 is 0 Å². The quantitative estimate of drug-likeness (QED) is 0.303. The highest BCUT2D eigenvalue weighted by Gasteiger charge is 2.41. The predicted octanol–water partition coefficient (Wildman–Crippen LogP) is 2.57. The van der Waals surface area contributed by atoms with Crippen molar-refractivity contribution in [1.29, 1.82) is 0 Å². The molecule has 10 heteroatoms. The zero-order valence-corrected chi connectivity index (χ0v) is 11.2. The third-order valence-corrected chi connectivity index (χ3v) is 3.05. The summed E-state index contributed by atoms with van der Waals surface area (Å²) in [6.07, 6.45) is -5.35. The Bertz CT molecular complexity index is 706. The van der Waals surface area contributed by atoms with Crippen LogP contribution in [-0.4, -0.2) is 18.9 Å². The fraction of sp³-hybridized carbons (Fsp3) is 0.182. The van der Waals surface area contributed by atoms with Gasteiger partial charge in [-0.3, -0.25) is 4.55 Å². The largest absolute Gasteiger partial charge is 0.422 e. The first-order valence-electron chi connectivity index (χ1n) is 5.10. The molecule has 0 saturated heterocycles. The maximum absolute atomic E-state index is 13.7. The number of esters is 1. The molecule has 0 aliphatic rings. The van der Waals surface area contributed by atoms with Crippen LogP contribution in [0.2, 0.25) is 0 Å². The van der Waals surface area contributed by atoms with E-state index in [1.807, 2.05) is 0 Å². The highest BCUT2D eigenvalue weighted by atomic mass is 32.2. The van der Waals surface area contributed by atoms with Gasteiger partial charge in [0.2, 0.25) is 0 Å². The van der Waals surface area contributed by atoms with Gasteiger partial charge in [-0.15, -0.1) is 0 Å². The first-order valence-corrected chi connectivity index (χ1v) is 6.54. The van der Waals surface area contributed by atoms with E-state index in [2.05, 4.69) is 11.3 Å². The fourth-order valence-electron chi connectivity index (χ4n) is 1.27. The number of halogens is 4. The zero-order chi connectivity index (χ0) is 16.6. The highest BCUT2D eigenvalue weighted by Crippen LogP contribution is 2.40. The third-order valence-electron chi connectivity index (χ3n) is 2.18. The Kier molecular flexibility index (Phi) is 4.44. The molecule has 21 heavy (non-hydrogen) atoms. The molecule has 0 saturated carbocycles. The molecule has 0 heterocycles. The summed E-state index contributed by atoms with van der Waals surface area (Å²) in [5.74, 6) is -4.75. The van der Waals surface area contributed by atoms with E-state index >= 15 is 0 Å². The number of alkyl halides is 3. The Morgan fingerprint density at radius 2 is 1.86 bits per heavy atom. The van der Waals surface area contributed by atoms with Gasteiger partial charge < -0.3 is 4.74 Å². The van der Waals surface area contributed by atoms with Crippen molar-refractivity contribution in [3.63, 3.8) is 0 Å². The van der Waals surface area contributed by atoms with Crippen LogP contribution in [-0.2, 0) is 21.1 Å². The standard InChI is InChI=1S/C11H8F4O5S/c1-5(2)10(16)20-6-3-4-7(21(17,18)19)9(12)8(6)11(13,14)15/h3-4H,1H2,2H3,(H,17,18,19). The summed E-state index contributed by atoms with van der Waals surface area (Å²) >= 11 is 0. The molecule has 1 aromatic carbocycles. The van der Waals surface area contributed by atoms with Crippen LogP contribution in [0.1, 0.15) is 12.5 Å². The van der Waals surface area contributed by atoms with Gasteiger partial charge in [0.1, 0.15) is 16.2 Å². The van der Waals surface area contributed by atoms with E-state index in [-0.39, 0.29) is 5.57 Å². The minimum Gasteiger partial charge on any atom is -0.422 e. The number of carbonyl (C=O) groups excluding carboxylic acids is 1. The second-order valence-electron chi connectivity index (χ2n) is 3.89. The van der Waals surface area contributed by atoms with Crippen molar-refractivity contribution in [1.82, 2.24) is 0 Å². The van der Waals surface area contributed by atoms with Crippen molar-refractivity contribution in [2.75, 3.05) is 0 Å². The summed E-state index contributed by atoms with van der Waals surface area (Å²) in [6, 6.07) is 0.761. The summed E-state index contributed by atoms with van der Waals surface area (Å²) in [5.41, 5.74) is -2.37. The number of carbonyl (C=O) groups is 1. The Morgan fingerprint density at radius 1 is 1.33 bits per heavy atom. The predicted molar refractivity (Wildman–Crippen MR) is 61.7 cm³/mol. The molecule has 0 unspecified atom stereocenters. The van der Waals surface area contributed by atoms with Gasteiger partial charge in [-0.1, -0.05) is 6.58 Å². The lowest BCUT2D eigenvalue weighted by Gasteiger charge is -2.15. The molecule has 0 aliphatic heterocycles. The molecule has 0 aliphatic carbocycles. The lowest BCUT2D eigenvalue weighted by atomic mass is 10.1. The minimum absolute atomic E-state index is 0.248. The van der Waals surface area contributed by atoms with Crippen LogP contribution in [0.25, 0.3) is 0 Å². The first-order chi connectivity index (χ1) is 9.35. The SMILES string of the molecule is C=C(C)C(=O)Oc1ccc(S(=O)(=O)O)c(F)c1C(F)(F)F. The highest BCUT2D eigenvalue weighted by molar-refractivity contribution is 7.85. The van der Waals surface area contributed by atoms with Crippen LogP contribution in [0.4, 0.5) is 17.6 Å². The second-order valence-corrected chi connectivity index (χ2v) is 5.28. The number of hydrogen-bond acceptors (Lipinski definition) is 4. The number of ether oxygens (including phenoxy) is 1. The topological polar surface area (TPSA) is 80.7 Å². The smallest absolute Gasteiger partial charge is 0.422 e. The van der Waals surface area contributed by atoms with Crippen molar-refractivity contribution >= 4 is 16.1 Å². The van der Waals surface area contributed by atoms with Crippen LogP contribution in [0.5, 0.6) is 5.75 Å². The Labute approximate surface area is 116 Å². The van der Waals surface area contributed by atoms with Crippen LogP contribution in [0.15, 0.2) is 29.2 Å². The molecule has 116 valence electrons. The van der Waals surface area contributed by atoms with Crippen molar-refractivity contribution in [3.8, 4) is 5.75 Å². The summed E-state index contributed by atoms with van der Waals surface area (Å²) in [6.45, 7) is 4.29. The van der Waals surface area contributed by atoms with E-state index in [0.29, 0.717) is 12.1 Å². The van der Waals surface area contributed by atoms with E-state index in [1.54, 1.807) is 0 Å². The van der Waals surface area contributed by atoms with Crippen LogP contribution < -0.4 is 4.74 Å². The molecule has 0 atom stereocenters. The molecule has 0 spiro atoms. The zero-order valence-electron chi connectivity index (χ0n) is 10.4. The van der Waals surface area contributed by atoms with Crippen molar-refractivity contribution in [2.24, 2.45) is 0 Å². The average Bonchev–Trinajstić information content (AvgIpc) is 2.24. The third kappa shape index (κ3) is 3.79. The minimum atomic E-state index is -5.35. The van der Waals surface area contributed by atoms with Gasteiger partial charge in [0.15, 0.2) is 5.82 Å². The van der Waals surface area contributed by atoms with E-state index in [9.17, 15) is 30.8 Å². The molecule has 0 fully saturated rings. The maximum atomic E-state index is 13.7. The van der Waals surface area contributed by atoms with E-state index in [0.717, 1.165) is 6.92 Å². The first kappa shape index (κ1) is 17.1. The van der Waals surface area contributed by atoms with Gasteiger partial charge in [0.25, 0.3) is 10.1 Å². The molecular formula is C11H8F4O5S. The molecule has 0 bridgehead atoms. The van der Waals surface area contributed by atoms with E-state index in [1.165, 1.54) is 0 Å². The molecule has 5 nitrogen and oxygen atoms in total. The average molecular weight is 328 g/mol. The van der Waals surface area contributed by atoms with Gasteiger partial charge in [-0.25, -0.2) is 9.18 Å². The van der Waals surface area contributed by atoms with Crippen molar-refractivity contribution in [3.05, 3.63) is 35.7 Å². The maximum Gasteiger partial charge on any atom is 0.422 e. The molecule has 0 amide bonds. The molecule has 1 aromatic rings. The van der Waals surface area contributed by atoms with E-state index in [4.69, 9.17) is 4.55 Å². The van der Waals surface area contributed by atoms with Gasteiger partial charge in [-0.05, 0) is 19.1 Å². The Morgan fingerprint density at radius 3 is 2.24 bits per heavy atom. The van der Waals surface area contributed by atoms with E-state index < -0.39 is 44.3 Å². The lowest BCUT2D eigenvalue weighted by Crippen LogP contribution is -2.17.